The van der Waals surface area contributed by atoms with E-state index < -0.39 is 0 Å². The highest BCUT2D eigenvalue weighted by Gasteiger charge is 2.31. The SMILES string of the molecule is CCCCCCCCCn1c(C2CC(=O)N(C)C2)nc2ccccc21. The van der Waals surface area contributed by atoms with Crippen LogP contribution in [0.1, 0.15) is 70.0 Å². The molecule has 1 aliphatic heterocycles. The lowest BCUT2D eigenvalue weighted by molar-refractivity contribution is -0.126. The fraction of sp³-hybridized carbons (Fsp3) is 0.619. The minimum atomic E-state index is 0.231. The van der Waals surface area contributed by atoms with Gasteiger partial charge >= 0.3 is 0 Å². The number of carbonyl (C=O) groups excluding carboxylic acids is 1. The van der Waals surface area contributed by atoms with Crippen LogP contribution in [0, 0.1) is 0 Å². The number of likely N-dealkylation sites (tertiary alicyclic amines) is 1. The molecule has 1 aromatic carbocycles. The molecule has 4 nitrogen and oxygen atoms in total. The van der Waals surface area contributed by atoms with Gasteiger partial charge in [-0.15, -0.1) is 0 Å². The van der Waals surface area contributed by atoms with Crippen LogP contribution in [0.5, 0.6) is 0 Å². The number of amides is 1. The first-order valence-electron chi connectivity index (χ1n) is 9.90. The van der Waals surface area contributed by atoms with Crippen LogP contribution in [0.25, 0.3) is 11.0 Å². The monoisotopic (exact) mass is 341 g/mol. The van der Waals surface area contributed by atoms with E-state index >= 15 is 0 Å². The average Bonchev–Trinajstić information content (AvgIpc) is 3.14. The van der Waals surface area contributed by atoms with Gasteiger partial charge in [0.2, 0.25) is 5.91 Å². The van der Waals surface area contributed by atoms with Crippen molar-refractivity contribution in [2.45, 2.75) is 70.8 Å². The molecule has 3 rings (SSSR count). The summed E-state index contributed by atoms with van der Waals surface area (Å²) < 4.78 is 2.37. The predicted molar refractivity (Wildman–Crippen MR) is 103 cm³/mol. The number of benzene rings is 1. The second kappa shape index (κ2) is 8.50. The summed E-state index contributed by atoms with van der Waals surface area (Å²) in [6.45, 7) is 4.06. The van der Waals surface area contributed by atoms with Crippen LogP contribution >= 0.6 is 0 Å². The van der Waals surface area contributed by atoms with Gasteiger partial charge in [-0.2, -0.15) is 0 Å². The van der Waals surface area contributed by atoms with Crippen LogP contribution in [0.2, 0.25) is 0 Å². The smallest absolute Gasteiger partial charge is 0.223 e. The first kappa shape index (κ1) is 18.0. The Bertz CT molecular complexity index is 706. The summed E-state index contributed by atoms with van der Waals surface area (Å²) in [5, 5.41) is 0. The number of rotatable bonds is 9. The van der Waals surface area contributed by atoms with Gasteiger partial charge in [-0.1, -0.05) is 57.6 Å². The van der Waals surface area contributed by atoms with E-state index in [0.29, 0.717) is 6.42 Å². The Balaban J connectivity index is 1.68. The summed E-state index contributed by atoms with van der Waals surface area (Å²) in [5.74, 6) is 1.57. The van der Waals surface area contributed by atoms with E-state index in [0.717, 1.165) is 24.4 Å². The fourth-order valence-corrected chi connectivity index (χ4v) is 3.90. The van der Waals surface area contributed by atoms with E-state index in [1.807, 2.05) is 18.0 Å². The number of hydrogen-bond acceptors (Lipinski definition) is 2. The van der Waals surface area contributed by atoms with Crippen molar-refractivity contribution >= 4 is 16.9 Å². The molecule has 0 radical (unpaired) electrons. The molecule has 1 aliphatic rings. The van der Waals surface area contributed by atoms with E-state index in [-0.39, 0.29) is 11.8 Å². The maximum Gasteiger partial charge on any atom is 0.223 e. The Kier molecular flexibility index (Phi) is 6.11. The third-order valence-electron chi connectivity index (χ3n) is 5.38. The van der Waals surface area contributed by atoms with Gasteiger partial charge in [-0.3, -0.25) is 4.79 Å². The van der Waals surface area contributed by atoms with Crippen molar-refractivity contribution in [3.8, 4) is 0 Å². The minimum Gasteiger partial charge on any atom is -0.345 e. The Hall–Kier alpha value is -1.84. The lowest BCUT2D eigenvalue weighted by Crippen LogP contribution is -2.19. The normalized spacial score (nSPS) is 17.8. The fourth-order valence-electron chi connectivity index (χ4n) is 3.90. The van der Waals surface area contributed by atoms with Gasteiger partial charge in [-0.05, 0) is 18.6 Å². The molecule has 0 saturated carbocycles. The zero-order chi connectivity index (χ0) is 17.6. The molecule has 1 atom stereocenters. The molecule has 1 unspecified atom stereocenters. The van der Waals surface area contributed by atoms with E-state index in [2.05, 4.69) is 29.7 Å². The highest BCUT2D eigenvalue weighted by atomic mass is 16.2. The lowest BCUT2D eigenvalue weighted by Gasteiger charge is -2.14. The highest BCUT2D eigenvalue weighted by molar-refractivity contribution is 5.80. The molecule has 0 bridgehead atoms. The number of fused-ring (bicyclic) bond motifs is 1. The van der Waals surface area contributed by atoms with Gasteiger partial charge in [0, 0.05) is 32.5 Å². The van der Waals surface area contributed by atoms with E-state index in [9.17, 15) is 4.79 Å². The molecular formula is C21H31N3O. The van der Waals surface area contributed by atoms with Gasteiger partial charge in [0.15, 0.2) is 0 Å². The van der Waals surface area contributed by atoms with Gasteiger partial charge in [0.05, 0.1) is 11.0 Å². The molecular weight excluding hydrogens is 310 g/mol. The van der Waals surface area contributed by atoms with Crippen molar-refractivity contribution in [2.75, 3.05) is 13.6 Å². The van der Waals surface area contributed by atoms with Crippen molar-refractivity contribution in [1.82, 2.24) is 14.5 Å². The van der Waals surface area contributed by atoms with E-state index in [1.54, 1.807) is 0 Å². The number of likely N-dealkylation sites (N-methyl/N-ethyl adjacent to an activating group) is 1. The molecule has 1 saturated heterocycles. The zero-order valence-corrected chi connectivity index (χ0v) is 15.7. The molecule has 0 spiro atoms. The van der Waals surface area contributed by atoms with Crippen LogP contribution in [0.3, 0.4) is 0 Å². The summed E-state index contributed by atoms with van der Waals surface area (Å²) in [6, 6.07) is 8.37. The summed E-state index contributed by atoms with van der Waals surface area (Å²) in [4.78, 5) is 18.7. The number of hydrogen-bond donors (Lipinski definition) is 0. The lowest BCUT2D eigenvalue weighted by atomic mass is 10.1. The molecule has 2 aromatic rings. The van der Waals surface area contributed by atoms with Crippen LogP contribution in [-0.2, 0) is 11.3 Å². The first-order chi connectivity index (χ1) is 12.2. The Labute approximate surface area is 151 Å². The molecule has 25 heavy (non-hydrogen) atoms. The van der Waals surface area contributed by atoms with E-state index in [4.69, 9.17) is 4.98 Å². The number of imidazole rings is 1. The summed E-state index contributed by atoms with van der Waals surface area (Å²) in [6.07, 6.45) is 9.77. The van der Waals surface area contributed by atoms with Crippen molar-refractivity contribution in [1.29, 1.82) is 0 Å². The molecule has 0 aliphatic carbocycles. The number of carbonyl (C=O) groups is 1. The highest BCUT2D eigenvalue weighted by Crippen LogP contribution is 2.30. The number of nitrogens with zero attached hydrogens (tertiary/aromatic N) is 3. The van der Waals surface area contributed by atoms with Gasteiger partial charge < -0.3 is 9.47 Å². The average molecular weight is 341 g/mol. The predicted octanol–water partition coefficient (Wildman–Crippen LogP) is 4.73. The Morgan fingerprint density at radius 1 is 1.08 bits per heavy atom. The molecule has 1 amide bonds. The molecule has 2 heterocycles. The number of para-hydroxylation sites is 2. The summed E-state index contributed by atoms with van der Waals surface area (Å²) in [7, 11) is 1.89. The van der Waals surface area contributed by atoms with Gasteiger partial charge in [0.25, 0.3) is 0 Å². The van der Waals surface area contributed by atoms with Gasteiger partial charge in [-0.25, -0.2) is 4.98 Å². The number of aryl methyl sites for hydroxylation is 1. The zero-order valence-electron chi connectivity index (χ0n) is 15.7. The van der Waals surface area contributed by atoms with Crippen molar-refractivity contribution < 1.29 is 4.79 Å². The van der Waals surface area contributed by atoms with Crippen LogP contribution in [0.4, 0.5) is 0 Å². The molecule has 1 aromatic heterocycles. The van der Waals surface area contributed by atoms with Crippen molar-refractivity contribution in [2.24, 2.45) is 0 Å². The quantitative estimate of drug-likeness (QED) is 0.618. The minimum absolute atomic E-state index is 0.231. The number of unbranched alkanes of at least 4 members (excludes halogenated alkanes) is 6. The first-order valence-corrected chi connectivity index (χ1v) is 9.90. The number of aromatic nitrogens is 2. The van der Waals surface area contributed by atoms with Crippen molar-refractivity contribution in [3.05, 3.63) is 30.1 Å². The van der Waals surface area contributed by atoms with Crippen molar-refractivity contribution in [3.63, 3.8) is 0 Å². The van der Waals surface area contributed by atoms with Gasteiger partial charge in [0.1, 0.15) is 5.82 Å². The third-order valence-corrected chi connectivity index (χ3v) is 5.38. The maximum absolute atomic E-state index is 12.0. The molecule has 1 fully saturated rings. The Morgan fingerprint density at radius 2 is 1.80 bits per heavy atom. The van der Waals surface area contributed by atoms with Crippen LogP contribution < -0.4 is 0 Å². The molecule has 0 N–H and O–H groups in total. The maximum atomic E-state index is 12.0. The second-order valence-electron chi connectivity index (χ2n) is 7.41. The van der Waals surface area contributed by atoms with Crippen LogP contribution in [-0.4, -0.2) is 34.0 Å². The summed E-state index contributed by atoms with van der Waals surface area (Å²) in [5.41, 5.74) is 2.27. The topological polar surface area (TPSA) is 38.1 Å². The van der Waals surface area contributed by atoms with E-state index in [1.165, 1.54) is 50.5 Å². The van der Waals surface area contributed by atoms with Crippen LogP contribution in [0.15, 0.2) is 24.3 Å². The third kappa shape index (κ3) is 4.23. The second-order valence-corrected chi connectivity index (χ2v) is 7.41. The largest absolute Gasteiger partial charge is 0.345 e. The molecule has 136 valence electrons. The standard InChI is InChI=1S/C21H31N3O/c1-3-4-5-6-7-8-11-14-24-19-13-10-9-12-18(19)22-21(24)17-15-20(25)23(2)16-17/h9-10,12-13,17H,3-8,11,14-16H2,1-2H3. The Morgan fingerprint density at radius 3 is 2.52 bits per heavy atom. The molecule has 4 heteroatoms. The summed E-state index contributed by atoms with van der Waals surface area (Å²) >= 11 is 0.